The molecule has 5 heteroatoms. The highest BCUT2D eigenvalue weighted by Crippen LogP contribution is 2.17. The van der Waals surface area contributed by atoms with Gasteiger partial charge in [-0.05, 0) is 12.3 Å². The average molecular weight is 193 g/mol. The van der Waals surface area contributed by atoms with Crippen LogP contribution < -0.4 is 5.32 Å². The lowest BCUT2D eigenvalue weighted by atomic mass is 10.1. The molecule has 2 atom stereocenters. The van der Waals surface area contributed by atoms with Crippen molar-refractivity contribution in [3.05, 3.63) is 0 Å². The zero-order valence-corrected chi connectivity index (χ0v) is 8.23. The summed E-state index contributed by atoms with van der Waals surface area (Å²) in [6.45, 7) is 1.38. The molecule has 0 aliphatic carbocycles. The van der Waals surface area contributed by atoms with Gasteiger partial charge in [-0.3, -0.25) is 0 Å². The Bertz CT molecular complexity index is 237. The van der Waals surface area contributed by atoms with Gasteiger partial charge in [0, 0.05) is 19.9 Å². The molecule has 1 heterocycles. The molecule has 1 N–H and O–H groups in total. The van der Waals surface area contributed by atoms with E-state index in [0.29, 0.717) is 18.9 Å². The van der Waals surface area contributed by atoms with E-state index in [4.69, 9.17) is 4.74 Å². The maximum Gasteiger partial charge on any atom is 0.163 e. The summed E-state index contributed by atoms with van der Waals surface area (Å²) in [6, 6.07) is 0. The topological polar surface area (TPSA) is 55.4 Å². The van der Waals surface area contributed by atoms with Gasteiger partial charge in [-0.15, -0.1) is 0 Å². The van der Waals surface area contributed by atoms with Crippen molar-refractivity contribution in [1.82, 2.24) is 5.32 Å². The van der Waals surface area contributed by atoms with E-state index in [2.05, 4.69) is 5.32 Å². The average Bonchev–Trinajstić information content (AvgIpc) is 2.35. The van der Waals surface area contributed by atoms with E-state index in [-0.39, 0.29) is 5.37 Å². The fraction of sp³-hybridized carbons (Fsp3) is 1.00. The zero-order valence-electron chi connectivity index (χ0n) is 7.41. The lowest BCUT2D eigenvalue weighted by molar-refractivity contribution is 0.160. The predicted molar refractivity (Wildman–Crippen MR) is 46.6 cm³/mol. The van der Waals surface area contributed by atoms with Crippen molar-refractivity contribution in [3.8, 4) is 0 Å². The van der Waals surface area contributed by atoms with Gasteiger partial charge in [-0.1, -0.05) is 0 Å². The molecule has 0 aromatic rings. The second kappa shape index (κ2) is 3.72. The summed E-state index contributed by atoms with van der Waals surface area (Å²) in [5.74, 6) is 0.342. The first-order chi connectivity index (χ1) is 5.54. The second-order valence-corrected chi connectivity index (χ2v) is 5.51. The molecule has 0 aromatic heterocycles. The number of rotatable bonds is 3. The Morgan fingerprint density at radius 2 is 2.25 bits per heavy atom. The highest BCUT2D eigenvalue weighted by atomic mass is 32.2. The van der Waals surface area contributed by atoms with Crippen LogP contribution in [0, 0.1) is 5.92 Å². The van der Waals surface area contributed by atoms with Crippen molar-refractivity contribution in [2.75, 3.05) is 26.5 Å². The van der Waals surface area contributed by atoms with Crippen LogP contribution in [0.3, 0.4) is 0 Å². The first-order valence-corrected chi connectivity index (χ1v) is 5.90. The summed E-state index contributed by atoms with van der Waals surface area (Å²) in [5.41, 5.74) is 0. The SMILES string of the molecule is COCC1CNC(S(C)(=O)=O)C1. The molecule has 1 fully saturated rings. The van der Waals surface area contributed by atoms with Crippen LogP contribution in [0.25, 0.3) is 0 Å². The maximum atomic E-state index is 11.1. The first kappa shape index (κ1) is 9.95. The summed E-state index contributed by atoms with van der Waals surface area (Å²) in [5, 5.41) is 2.60. The van der Waals surface area contributed by atoms with Crippen molar-refractivity contribution in [2.45, 2.75) is 11.8 Å². The Morgan fingerprint density at radius 3 is 2.67 bits per heavy atom. The monoisotopic (exact) mass is 193 g/mol. The van der Waals surface area contributed by atoms with Crippen LogP contribution in [-0.4, -0.2) is 40.3 Å². The van der Waals surface area contributed by atoms with E-state index in [9.17, 15) is 8.42 Å². The molecule has 0 spiro atoms. The van der Waals surface area contributed by atoms with Crippen molar-refractivity contribution < 1.29 is 13.2 Å². The van der Waals surface area contributed by atoms with Gasteiger partial charge in [0.25, 0.3) is 0 Å². The summed E-state index contributed by atoms with van der Waals surface area (Å²) in [4.78, 5) is 0. The number of sulfone groups is 1. The molecule has 2 unspecified atom stereocenters. The highest BCUT2D eigenvalue weighted by Gasteiger charge is 2.30. The molecule has 0 amide bonds. The van der Waals surface area contributed by atoms with Gasteiger partial charge in [0.15, 0.2) is 9.84 Å². The van der Waals surface area contributed by atoms with Crippen LogP contribution in [0.2, 0.25) is 0 Å². The van der Waals surface area contributed by atoms with Crippen molar-refractivity contribution >= 4 is 9.84 Å². The van der Waals surface area contributed by atoms with Gasteiger partial charge in [0.1, 0.15) is 5.37 Å². The smallest absolute Gasteiger partial charge is 0.163 e. The second-order valence-electron chi connectivity index (χ2n) is 3.28. The number of hydrogen-bond donors (Lipinski definition) is 1. The normalized spacial score (nSPS) is 30.8. The Morgan fingerprint density at radius 1 is 1.58 bits per heavy atom. The first-order valence-electron chi connectivity index (χ1n) is 3.95. The van der Waals surface area contributed by atoms with Crippen LogP contribution in [0.4, 0.5) is 0 Å². The van der Waals surface area contributed by atoms with Crippen LogP contribution in [0.15, 0.2) is 0 Å². The number of nitrogens with one attached hydrogen (secondary N) is 1. The molecule has 1 rings (SSSR count). The van der Waals surface area contributed by atoms with E-state index in [0.717, 1.165) is 6.54 Å². The van der Waals surface area contributed by atoms with Crippen molar-refractivity contribution in [3.63, 3.8) is 0 Å². The molecule has 0 radical (unpaired) electrons. The molecule has 4 nitrogen and oxygen atoms in total. The van der Waals surface area contributed by atoms with Crippen LogP contribution >= 0.6 is 0 Å². The Hall–Kier alpha value is -0.130. The molecule has 0 bridgehead atoms. The Labute approximate surface area is 73.2 Å². The minimum atomic E-state index is -2.92. The minimum absolute atomic E-state index is 0.342. The number of ether oxygens (including phenoxy) is 1. The predicted octanol–water partition coefficient (Wildman–Crippen LogP) is -0.387. The van der Waals surface area contributed by atoms with Crippen LogP contribution in [0.5, 0.6) is 0 Å². The molecule has 1 aliphatic rings. The Balaban J connectivity index is 2.46. The molecule has 1 saturated heterocycles. The van der Waals surface area contributed by atoms with Gasteiger partial charge in [0.05, 0.1) is 6.61 Å². The number of hydrogen-bond acceptors (Lipinski definition) is 4. The van der Waals surface area contributed by atoms with E-state index in [1.54, 1.807) is 7.11 Å². The maximum absolute atomic E-state index is 11.1. The van der Waals surface area contributed by atoms with Crippen molar-refractivity contribution in [2.24, 2.45) is 5.92 Å². The number of methoxy groups -OCH3 is 1. The molecular formula is C7H15NO3S. The fourth-order valence-corrected chi connectivity index (χ4v) is 2.48. The Kier molecular flexibility index (Phi) is 3.09. The fourth-order valence-electron chi connectivity index (χ4n) is 1.46. The summed E-state index contributed by atoms with van der Waals surface area (Å²) < 4.78 is 27.1. The molecule has 1 aliphatic heterocycles. The third-order valence-electron chi connectivity index (χ3n) is 2.10. The highest BCUT2D eigenvalue weighted by molar-refractivity contribution is 7.91. The quantitative estimate of drug-likeness (QED) is 0.663. The van der Waals surface area contributed by atoms with Gasteiger partial charge in [-0.2, -0.15) is 0 Å². The third-order valence-corrected chi connectivity index (χ3v) is 3.49. The van der Waals surface area contributed by atoms with E-state index in [1.807, 2.05) is 0 Å². The molecule has 72 valence electrons. The van der Waals surface area contributed by atoms with Gasteiger partial charge in [0.2, 0.25) is 0 Å². The van der Waals surface area contributed by atoms with Crippen LogP contribution in [-0.2, 0) is 14.6 Å². The summed E-state index contributed by atoms with van der Waals surface area (Å²) in [7, 11) is -1.29. The molecule has 0 saturated carbocycles. The largest absolute Gasteiger partial charge is 0.384 e. The van der Waals surface area contributed by atoms with E-state index in [1.165, 1.54) is 6.26 Å². The zero-order chi connectivity index (χ0) is 9.19. The molecule has 12 heavy (non-hydrogen) atoms. The molecule has 0 aromatic carbocycles. The van der Waals surface area contributed by atoms with Gasteiger partial charge in [-0.25, -0.2) is 8.42 Å². The minimum Gasteiger partial charge on any atom is -0.384 e. The van der Waals surface area contributed by atoms with Gasteiger partial charge >= 0.3 is 0 Å². The lowest BCUT2D eigenvalue weighted by Gasteiger charge is -2.07. The lowest BCUT2D eigenvalue weighted by Crippen LogP contribution is -2.29. The van der Waals surface area contributed by atoms with E-state index >= 15 is 0 Å². The van der Waals surface area contributed by atoms with Crippen LogP contribution in [0.1, 0.15) is 6.42 Å². The third kappa shape index (κ3) is 2.43. The summed E-state index contributed by atoms with van der Waals surface area (Å²) in [6.07, 6.45) is 1.94. The molecular weight excluding hydrogens is 178 g/mol. The summed E-state index contributed by atoms with van der Waals surface area (Å²) >= 11 is 0. The van der Waals surface area contributed by atoms with Gasteiger partial charge < -0.3 is 10.1 Å². The standard InChI is InChI=1S/C7H15NO3S/c1-11-5-6-3-7(8-4-6)12(2,9)10/h6-8H,3-5H2,1-2H3. The van der Waals surface area contributed by atoms with Crippen molar-refractivity contribution in [1.29, 1.82) is 0 Å². The van der Waals surface area contributed by atoms with E-state index < -0.39 is 9.84 Å².